The maximum absolute atomic E-state index is 11.9. The lowest BCUT2D eigenvalue weighted by molar-refractivity contribution is -0.145. The summed E-state index contributed by atoms with van der Waals surface area (Å²) in [5.41, 5.74) is 0. The zero-order valence-electron chi connectivity index (χ0n) is 20.2. The fourth-order valence-corrected chi connectivity index (χ4v) is 4.60. The van der Waals surface area contributed by atoms with E-state index in [4.69, 9.17) is 4.74 Å². The van der Waals surface area contributed by atoms with Crippen LogP contribution in [-0.4, -0.2) is 17.2 Å². The number of carbonyl (C=O) groups is 1. The van der Waals surface area contributed by atoms with Crippen molar-refractivity contribution in [2.45, 2.75) is 96.5 Å². The van der Waals surface area contributed by atoms with E-state index >= 15 is 0 Å². The second kappa shape index (κ2) is 13.9. The number of ether oxygens (including phenoxy) is 1. The highest BCUT2D eigenvalue weighted by Gasteiger charge is 2.20. The molecule has 0 bridgehead atoms. The first-order valence-electron chi connectivity index (χ1n) is 13.0. The summed E-state index contributed by atoms with van der Waals surface area (Å²) in [4.78, 5) is 11.9. The Labute approximate surface area is 199 Å². The molecule has 3 aromatic carbocycles. The number of hydrogen-bond acceptors (Lipinski definition) is 2. The molecule has 0 aliphatic carbocycles. The van der Waals surface area contributed by atoms with E-state index in [0.29, 0.717) is 12.2 Å². The molecule has 0 amide bonds. The lowest BCUT2D eigenvalue weighted by Crippen LogP contribution is -2.27. The number of benzene rings is 3. The summed E-state index contributed by atoms with van der Waals surface area (Å²) in [5, 5.41) is 14.1. The number of rotatable bonds is 16. The molecule has 0 saturated carbocycles. The predicted molar refractivity (Wildman–Crippen MR) is 139 cm³/mol. The minimum atomic E-state index is -0.879. The molecule has 0 spiro atoms. The first-order valence-corrected chi connectivity index (χ1v) is 13.0. The van der Waals surface area contributed by atoms with Gasteiger partial charge in [-0.25, -0.2) is 4.79 Å². The van der Waals surface area contributed by atoms with Crippen LogP contribution in [0.1, 0.15) is 90.4 Å². The summed E-state index contributed by atoms with van der Waals surface area (Å²) < 4.78 is 6.04. The van der Waals surface area contributed by atoms with Gasteiger partial charge in [-0.15, -0.1) is 0 Å². The van der Waals surface area contributed by atoms with Crippen molar-refractivity contribution in [1.29, 1.82) is 0 Å². The molecule has 0 aromatic heterocycles. The summed E-state index contributed by atoms with van der Waals surface area (Å²) in [6.07, 6.45) is 15.0. The molecule has 3 heteroatoms. The van der Waals surface area contributed by atoms with Gasteiger partial charge in [0, 0.05) is 5.39 Å². The van der Waals surface area contributed by atoms with Crippen molar-refractivity contribution >= 4 is 27.5 Å². The third-order valence-electron chi connectivity index (χ3n) is 6.57. The van der Waals surface area contributed by atoms with Crippen LogP contribution >= 0.6 is 0 Å². The Morgan fingerprint density at radius 3 is 1.88 bits per heavy atom. The normalized spacial score (nSPS) is 12.3. The Morgan fingerprint density at radius 1 is 0.727 bits per heavy atom. The van der Waals surface area contributed by atoms with Gasteiger partial charge in [-0.2, -0.15) is 0 Å². The first kappa shape index (κ1) is 25.1. The number of carboxylic acid groups (broad SMARTS) is 1. The SMILES string of the molecule is CCCCCCCCCCCCCCC(Oc1cccc2cc3ccccc3cc12)C(=O)O. The zero-order valence-corrected chi connectivity index (χ0v) is 20.2. The van der Waals surface area contributed by atoms with Gasteiger partial charge in [0.05, 0.1) is 0 Å². The number of fused-ring (bicyclic) bond motifs is 2. The number of aliphatic carboxylic acids is 1. The van der Waals surface area contributed by atoms with E-state index in [1.165, 1.54) is 69.6 Å². The predicted octanol–water partition coefficient (Wildman–Crippen LogP) is 8.92. The van der Waals surface area contributed by atoms with E-state index < -0.39 is 12.1 Å². The fraction of sp³-hybridized carbons (Fsp3) is 0.500. The van der Waals surface area contributed by atoms with Gasteiger partial charge in [0.25, 0.3) is 0 Å². The van der Waals surface area contributed by atoms with Crippen molar-refractivity contribution in [3.63, 3.8) is 0 Å². The maximum Gasteiger partial charge on any atom is 0.344 e. The highest BCUT2D eigenvalue weighted by atomic mass is 16.5. The molecule has 178 valence electrons. The van der Waals surface area contributed by atoms with E-state index in [-0.39, 0.29) is 0 Å². The maximum atomic E-state index is 11.9. The van der Waals surface area contributed by atoms with Crippen LogP contribution in [0, 0.1) is 0 Å². The van der Waals surface area contributed by atoms with Crippen molar-refractivity contribution in [1.82, 2.24) is 0 Å². The third-order valence-corrected chi connectivity index (χ3v) is 6.57. The Bertz CT molecular complexity index is 994. The van der Waals surface area contributed by atoms with Crippen LogP contribution in [0.5, 0.6) is 5.75 Å². The Hall–Kier alpha value is -2.55. The van der Waals surface area contributed by atoms with E-state index in [2.05, 4.69) is 37.3 Å². The van der Waals surface area contributed by atoms with Gasteiger partial charge in [-0.3, -0.25) is 0 Å². The molecule has 0 saturated heterocycles. The molecule has 1 atom stereocenters. The molecule has 0 fully saturated rings. The van der Waals surface area contributed by atoms with Crippen LogP contribution in [0.25, 0.3) is 21.5 Å². The molecule has 3 rings (SSSR count). The average Bonchev–Trinajstić information content (AvgIpc) is 2.82. The van der Waals surface area contributed by atoms with Crippen LogP contribution in [0.3, 0.4) is 0 Å². The summed E-state index contributed by atoms with van der Waals surface area (Å²) in [7, 11) is 0. The summed E-state index contributed by atoms with van der Waals surface area (Å²) in [5.74, 6) is -0.222. The number of hydrogen-bond donors (Lipinski definition) is 1. The van der Waals surface area contributed by atoms with E-state index in [1.807, 2.05) is 24.3 Å². The van der Waals surface area contributed by atoms with Gasteiger partial charge in [-0.05, 0) is 47.2 Å². The fourth-order valence-electron chi connectivity index (χ4n) is 4.60. The summed E-state index contributed by atoms with van der Waals surface area (Å²) in [6.45, 7) is 2.26. The Morgan fingerprint density at radius 2 is 1.27 bits per heavy atom. The molecular weight excluding hydrogens is 408 g/mol. The lowest BCUT2D eigenvalue weighted by Gasteiger charge is -2.17. The second-order valence-electron chi connectivity index (χ2n) is 9.30. The topological polar surface area (TPSA) is 46.5 Å². The van der Waals surface area contributed by atoms with Gasteiger partial charge in [0.2, 0.25) is 0 Å². The summed E-state index contributed by atoms with van der Waals surface area (Å²) >= 11 is 0. The van der Waals surface area contributed by atoms with Gasteiger partial charge >= 0.3 is 5.97 Å². The van der Waals surface area contributed by atoms with Gasteiger partial charge in [0.15, 0.2) is 6.10 Å². The molecule has 0 heterocycles. The average molecular weight is 449 g/mol. The van der Waals surface area contributed by atoms with Crippen molar-refractivity contribution in [3.8, 4) is 5.75 Å². The van der Waals surface area contributed by atoms with E-state index in [1.54, 1.807) is 0 Å². The molecule has 3 nitrogen and oxygen atoms in total. The van der Waals surface area contributed by atoms with Crippen molar-refractivity contribution in [2.24, 2.45) is 0 Å². The Balaban J connectivity index is 1.43. The quantitative estimate of drug-likeness (QED) is 0.176. The summed E-state index contributed by atoms with van der Waals surface area (Å²) in [6, 6.07) is 18.3. The number of carboxylic acids is 1. The molecule has 1 unspecified atom stereocenters. The van der Waals surface area contributed by atoms with E-state index in [0.717, 1.165) is 29.0 Å². The van der Waals surface area contributed by atoms with Crippen LogP contribution < -0.4 is 4.74 Å². The minimum Gasteiger partial charge on any atom is -0.479 e. The van der Waals surface area contributed by atoms with Crippen LogP contribution in [0.15, 0.2) is 54.6 Å². The standard InChI is InChI=1S/C30H40O3/c1-2-3-4-5-6-7-8-9-10-11-12-13-20-29(30(31)32)33-28-21-16-19-26-22-24-17-14-15-18-25(24)23-27(26)28/h14-19,21-23,29H,2-13,20H2,1H3,(H,31,32). The molecule has 1 N–H and O–H groups in total. The monoisotopic (exact) mass is 448 g/mol. The van der Waals surface area contributed by atoms with E-state index in [9.17, 15) is 9.90 Å². The van der Waals surface area contributed by atoms with Gasteiger partial charge in [-0.1, -0.05) is 114 Å². The number of unbranched alkanes of at least 4 members (excludes halogenated alkanes) is 11. The highest BCUT2D eigenvalue weighted by Crippen LogP contribution is 2.31. The molecule has 0 radical (unpaired) electrons. The highest BCUT2D eigenvalue weighted by molar-refractivity contribution is 6.00. The van der Waals surface area contributed by atoms with Gasteiger partial charge in [0.1, 0.15) is 5.75 Å². The largest absolute Gasteiger partial charge is 0.479 e. The molecule has 0 aliphatic rings. The third kappa shape index (κ3) is 8.07. The second-order valence-corrected chi connectivity index (χ2v) is 9.30. The first-order chi connectivity index (χ1) is 16.2. The molecule has 3 aromatic rings. The molecule has 0 aliphatic heterocycles. The lowest BCUT2D eigenvalue weighted by atomic mass is 10.0. The molecular formula is C30H40O3. The van der Waals surface area contributed by atoms with Gasteiger partial charge < -0.3 is 9.84 Å². The van der Waals surface area contributed by atoms with Crippen molar-refractivity contribution < 1.29 is 14.6 Å². The Kier molecular flexibility index (Phi) is 10.5. The van der Waals surface area contributed by atoms with Crippen LogP contribution in [-0.2, 0) is 4.79 Å². The van der Waals surface area contributed by atoms with Crippen LogP contribution in [0.2, 0.25) is 0 Å². The van der Waals surface area contributed by atoms with Crippen LogP contribution in [0.4, 0.5) is 0 Å². The smallest absolute Gasteiger partial charge is 0.344 e. The minimum absolute atomic E-state index is 0.552. The zero-order chi connectivity index (χ0) is 23.3. The van der Waals surface area contributed by atoms with Crippen molar-refractivity contribution in [3.05, 3.63) is 54.6 Å². The van der Waals surface area contributed by atoms with Crippen molar-refractivity contribution in [2.75, 3.05) is 0 Å². The molecule has 33 heavy (non-hydrogen) atoms.